The minimum absolute atomic E-state index is 0.535. The number of H-pyrrole nitrogens is 1. The molecular formula is C21H21N3. The Bertz CT molecular complexity index is 934. The molecule has 2 N–H and O–H groups in total. The van der Waals surface area contributed by atoms with Crippen molar-refractivity contribution in [2.45, 2.75) is 38.3 Å². The van der Waals surface area contributed by atoms with E-state index in [1.807, 2.05) is 13.1 Å². The predicted molar refractivity (Wildman–Crippen MR) is 98.8 cm³/mol. The molecule has 0 spiro atoms. The van der Waals surface area contributed by atoms with Crippen molar-refractivity contribution in [3.05, 3.63) is 64.6 Å². The van der Waals surface area contributed by atoms with E-state index < -0.39 is 0 Å². The lowest BCUT2D eigenvalue weighted by atomic mass is 9.98. The smallest absolute Gasteiger partial charge is 0.0533 e. The number of para-hydroxylation sites is 1. The summed E-state index contributed by atoms with van der Waals surface area (Å²) in [5.41, 5.74) is 7.65. The highest BCUT2D eigenvalue weighted by Gasteiger charge is 2.34. The zero-order valence-electron chi connectivity index (χ0n) is 13.8. The maximum atomic E-state index is 4.37. The van der Waals surface area contributed by atoms with Gasteiger partial charge in [-0.2, -0.15) is 0 Å². The Balaban J connectivity index is 1.58. The number of aromatic nitrogens is 2. The van der Waals surface area contributed by atoms with Crippen LogP contribution < -0.4 is 5.32 Å². The first-order valence-corrected chi connectivity index (χ1v) is 8.78. The molecule has 1 saturated heterocycles. The maximum Gasteiger partial charge on any atom is 0.0533 e. The molecule has 3 aromatic rings. The van der Waals surface area contributed by atoms with E-state index in [0.717, 1.165) is 17.7 Å². The summed E-state index contributed by atoms with van der Waals surface area (Å²) in [5.74, 6) is 0. The average Bonchev–Trinajstić information content (AvgIpc) is 3.16. The van der Waals surface area contributed by atoms with Crippen molar-refractivity contribution in [2.24, 2.45) is 0 Å². The van der Waals surface area contributed by atoms with E-state index in [1.54, 1.807) is 0 Å². The van der Waals surface area contributed by atoms with Crippen LogP contribution >= 0.6 is 0 Å². The number of benzene rings is 1. The van der Waals surface area contributed by atoms with Crippen LogP contribution in [-0.4, -0.2) is 16.0 Å². The van der Waals surface area contributed by atoms with E-state index in [1.165, 1.54) is 40.6 Å². The third kappa shape index (κ3) is 2.20. The van der Waals surface area contributed by atoms with Gasteiger partial charge < -0.3 is 10.3 Å². The van der Waals surface area contributed by atoms with Gasteiger partial charge in [-0.15, -0.1) is 0 Å². The lowest BCUT2D eigenvalue weighted by molar-refractivity contribution is 0.513. The second-order valence-corrected chi connectivity index (χ2v) is 7.05. The second-order valence-electron chi connectivity index (χ2n) is 7.05. The SMILES string of the molecule is Cc1ccc(C=Cc2cccc3c4c([nH]c23)CC2CCC4N2)cn1. The van der Waals surface area contributed by atoms with E-state index in [0.29, 0.717) is 12.1 Å². The predicted octanol–water partition coefficient (Wildman–Crippen LogP) is 4.39. The second kappa shape index (κ2) is 5.32. The minimum atomic E-state index is 0.535. The standard InChI is InChI=1S/C21H21N3/c1-13-5-6-14(12-22-13)7-8-15-3-2-4-17-20-18-10-9-16(23-18)11-19(20)24-21(15)17/h2-8,12,16,18,23-24H,9-11H2,1H3. The van der Waals surface area contributed by atoms with Gasteiger partial charge in [-0.25, -0.2) is 0 Å². The molecule has 2 aromatic heterocycles. The van der Waals surface area contributed by atoms with Crippen LogP contribution in [0, 0.1) is 6.92 Å². The first kappa shape index (κ1) is 14.0. The van der Waals surface area contributed by atoms with Crippen molar-refractivity contribution in [3.63, 3.8) is 0 Å². The van der Waals surface area contributed by atoms with Gasteiger partial charge in [0.25, 0.3) is 0 Å². The normalized spacial score (nSPS) is 22.4. The molecule has 0 radical (unpaired) electrons. The topological polar surface area (TPSA) is 40.7 Å². The molecule has 2 unspecified atom stereocenters. The molecule has 2 atom stereocenters. The van der Waals surface area contributed by atoms with Gasteiger partial charge >= 0.3 is 0 Å². The quantitative estimate of drug-likeness (QED) is 0.736. The highest BCUT2D eigenvalue weighted by atomic mass is 15.0. The lowest BCUT2D eigenvalue weighted by Gasteiger charge is -2.21. The van der Waals surface area contributed by atoms with Crippen LogP contribution in [0.2, 0.25) is 0 Å². The molecule has 0 aliphatic carbocycles. The van der Waals surface area contributed by atoms with Crippen LogP contribution in [0.4, 0.5) is 0 Å². The van der Waals surface area contributed by atoms with Gasteiger partial charge in [0.05, 0.1) is 5.52 Å². The monoisotopic (exact) mass is 315 g/mol. The van der Waals surface area contributed by atoms with Crippen molar-refractivity contribution >= 4 is 23.1 Å². The van der Waals surface area contributed by atoms with Crippen molar-refractivity contribution in [1.29, 1.82) is 0 Å². The molecule has 3 heteroatoms. The van der Waals surface area contributed by atoms with E-state index in [-0.39, 0.29) is 0 Å². The largest absolute Gasteiger partial charge is 0.358 e. The molecule has 1 aromatic carbocycles. The summed E-state index contributed by atoms with van der Waals surface area (Å²) in [6.07, 6.45) is 9.96. The number of hydrogen-bond acceptors (Lipinski definition) is 2. The molecule has 3 nitrogen and oxygen atoms in total. The van der Waals surface area contributed by atoms with E-state index in [2.05, 4.69) is 57.8 Å². The number of nitrogens with zero attached hydrogens (tertiary/aromatic N) is 1. The van der Waals surface area contributed by atoms with Crippen molar-refractivity contribution < 1.29 is 0 Å². The summed E-state index contributed by atoms with van der Waals surface area (Å²) < 4.78 is 0. The molecule has 4 heterocycles. The molecule has 2 aliphatic rings. The summed E-state index contributed by atoms with van der Waals surface area (Å²) >= 11 is 0. The number of rotatable bonds is 2. The van der Waals surface area contributed by atoms with Gasteiger partial charge in [-0.1, -0.05) is 36.4 Å². The molecule has 0 amide bonds. The number of fused-ring (bicyclic) bond motifs is 6. The number of hydrogen-bond donors (Lipinski definition) is 2. The third-order valence-corrected chi connectivity index (χ3v) is 5.42. The van der Waals surface area contributed by atoms with Gasteiger partial charge in [0, 0.05) is 41.5 Å². The average molecular weight is 315 g/mol. The Morgan fingerprint density at radius 3 is 2.96 bits per heavy atom. The van der Waals surface area contributed by atoms with E-state index in [9.17, 15) is 0 Å². The Labute approximate surface area is 141 Å². The Morgan fingerprint density at radius 2 is 2.08 bits per heavy atom. The Morgan fingerprint density at radius 1 is 1.12 bits per heavy atom. The summed E-state index contributed by atoms with van der Waals surface area (Å²) in [6, 6.07) is 12.0. The highest BCUT2D eigenvalue weighted by molar-refractivity contribution is 5.94. The fourth-order valence-corrected chi connectivity index (χ4v) is 4.23. The van der Waals surface area contributed by atoms with E-state index >= 15 is 0 Å². The maximum absolute atomic E-state index is 4.37. The van der Waals surface area contributed by atoms with Crippen molar-refractivity contribution in [2.75, 3.05) is 0 Å². The molecule has 2 bridgehead atoms. The van der Waals surface area contributed by atoms with Crippen LogP contribution in [0.1, 0.15) is 47.0 Å². The first-order valence-electron chi connectivity index (χ1n) is 8.78. The van der Waals surface area contributed by atoms with Crippen molar-refractivity contribution in [1.82, 2.24) is 15.3 Å². The lowest BCUT2D eigenvalue weighted by Crippen LogP contribution is -2.31. The summed E-state index contributed by atoms with van der Waals surface area (Å²) in [5, 5.41) is 5.14. The summed E-state index contributed by atoms with van der Waals surface area (Å²) in [4.78, 5) is 8.09. The fourth-order valence-electron chi connectivity index (χ4n) is 4.23. The summed E-state index contributed by atoms with van der Waals surface area (Å²) in [6.45, 7) is 2.01. The Hall–Kier alpha value is -2.39. The number of nitrogens with one attached hydrogen (secondary N) is 2. The van der Waals surface area contributed by atoms with Gasteiger partial charge in [-0.3, -0.25) is 4.98 Å². The molecule has 24 heavy (non-hydrogen) atoms. The summed E-state index contributed by atoms with van der Waals surface area (Å²) in [7, 11) is 0. The van der Waals surface area contributed by atoms with Gasteiger partial charge in [0.2, 0.25) is 0 Å². The third-order valence-electron chi connectivity index (χ3n) is 5.42. The van der Waals surface area contributed by atoms with Gasteiger partial charge in [0.1, 0.15) is 0 Å². The number of aryl methyl sites for hydroxylation is 1. The molecule has 0 saturated carbocycles. The van der Waals surface area contributed by atoms with Crippen LogP contribution in [0.3, 0.4) is 0 Å². The van der Waals surface area contributed by atoms with E-state index in [4.69, 9.17) is 0 Å². The molecule has 120 valence electrons. The van der Waals surface area contributed by atoms with Crippen LogP contribution in [0.5, 0.6) is 0 Å². The van der Waals surface area contributed by atoms with Gasteiger partial charge in [-0.05, 0) is 42.5 Å². The van der Waals surface area contributed by atoms with Gasteiger partial charge in [0.15, 0.2) is 0 Å². The molecule has 2 aliphatic heterocycles. The zero-order valence-corrected chi connectivity index (χ0v) is 13.8. The number of pyridine rings is 1. The highest BCUT2D eigenvalue weighted by Crippen LogP contribution is 2.40. The Kier molecular flexibility index (Phi) is 3.10. The molecule has 5 rings (SSSR count). The molecule has 1 fully saturated rings. The van der Waals surface area contributed by atoms with Crippen LogP contribution in [0.25, 0.3) is 23.1 Å². The zero-order chi connectivity index (χ0) is 16.1. The van der Waals surface area contributed by atoms with Crippen LogP contribution in [-0.2, 0) is 6.42 Å². The number of aromatic amines is 1. The minimum Gasteiger partial charge on any atom is -0.358 e. The molecular weight excluding hydrogens is 294 g/mol. The first-order chi connectivity index (χ1) is 11.8. The fraction of sp³-hybridized carbons (Fsp3) is 0.286. The van der Waals surface area contributed by atoms with Crippen molar-refractivity contribution in [3.8, 4) is 0 Å². The van der Waals surface area contributed by atoms with Crippen LogP contribution in [0.15, 0.2) is 36.5 Å².